The Bertz CT molecular complexity index is 486. The zero-order chi connectivity index (χ0) is 15.2. The molecule has 0 radical (unpaired) electrons. The summed E-state index contributed by atoms with van der Waals surface area (Å²) in [5, 5.41) is 2.43. The number of carbonyl (C=O) groups excluding carboxylic acids is 2. The molecular formula is C13H14F3NO3. The van der Waals surface area contributed by atoms with Crippen molar-refractivity contribution in [3.8, 4) is 0 Å². The van der Waals surface area contributed by atoms with E-state index >= 15 is 0 Å². The van der Waals surface area contributed by atoms with Crippen LogP contribution in [0.3, 0.4) is 0 Å². The second kappa shape index (κ2) is 6.93. The Morgan fingerprint density at radius 3 is 2.60 bits per heavy atom. The minimum Gasteiger partial charge on any atom is -0.469 e. The summed E-state index contributed by atoms with van der Waals surface area (Å²) in [6.07, 6.45) is -4.59. The van der Waals surface area contributed by atoms with Gasteiger partial charge in [-0.1, -0.05) is 18.2 Å². The van der Waals surface area contributed by atoms with E-state index in [1.165, 1.54) is 19.2 Å². The number of halogens is 3. The maximum Gasteiger partial charge on any atom is 0.416 e. The van der Waals surface area contributed by atoms with Gasteiger partial charge < -0.3 is 10.1 Å². The minimum atomic E-state index is -4.43. The summed E-state index contributed by atoms with van der Waals surface area (Å²) in [5.41, 5.74) is -0.534. The third kappa shape index (κ3) is 5.29. The molecule has 0 aliphatic carbocycles. The molecule has 0 atom stereocenters. The number of nitrogens with one attached hydrogen (secondary N) is 1. The van der Waals surface area contributed by atoms with Gasteiger partial charge in [0.1, 0.15) is 0 Å². The average Bonchev–Trinajstić information content (AvgIpc) is 2.37. The number of rotatable bonds is 5. The van der Waals surface area contributed by atoms with Gasteiger partial charge in [-0.2, -0.15) is 13.2 Å². The first-order valence-corrected chi connectivity index (χ1v) is 5.82. The lowest BCUT2D eigenvalue weighted by Crippen LogP contribution is -2.27. The fourth-order valence-corrected chi connectivity index (χ4v) is 1.51. The summed E-state index contributed by atoms with van der Waals surface area (Å²) in [5.74, 6) is -0.919. The molecule has 1 aromatic carbocycles. The van der Waals surface area contributed by atoms with E-state index in [-0.39, 0.29) is 24.9 Å². The Balaban J connectivity index is 2.52. The van der Waals surface area contributed by atoms with E-state index in [9.17, 15) is 22.8 Å². The molecule has 1 aromatic rings. The molecule has 0 aromatic heterocycles. The van der Waals surface area contributed by atoms with Crippen molar-refractivity contribution < 1.29 is 27.5 Å². The number of hydrogen-bond donors (Lipinski definition) is 1. The van der Waals surface area contributed by atoms with Gasteiger partial charge >= 0.3 is 12.1 Å². The summed E-state index contributed by atoms with van der Waals surface area (Å²) >= 11 is 0. The fourth-order valence-electron chi connectivity index (χ4n) is 1.51. The third-order valence-corrected chi connectivity index (χ3v) is 2.50. The third-order valence-electron chi connectivity index (χ3n) is 2.50. The molecule has 0 saturated carbocycles. The van der Waals surface area contributed by atoms with Gasteiger partial charge in [0, 0.05) is 6.54 Å². The van der Waals surface area contributed by atoms with Gasteiger partial charge in [0.2, 0.25) is 5.91 Å². The normalized spacial score (nSPS) is 11.0. The van der Waals surface area contributed by atoms with Crippen LogP contribution in [0, 0.1) is 0 Å². The Morgan fingerprint density at radius 1 is 1.30 bits per heavy atom. The lowest BCUT2D eigenvalue weighted by atomic mass is 10.1. The summed E-state index contributed by atoms with van der Waals surface area (Å²) in [4.78, 5) is 22.3. The highest BCUT2D eigenvalue weighted by atomic mass is 19.4. The fraction of sp³-hybridized carbons (Fsp3) is 0.385. The summed E-state index contributed by atoms with van der Waals surface area (Å²) in [6.45, 7) is 0.0878. The number of esters is 1. The van der Waals surface area contributed by atoms with Crippen LogP contribution in [0.5, 0.6) is 0 Å². The molecule has 0 aliphatic heterocycles. The first-order chi connectivity index (χ1) is 9.32. The number of methoxy groups -OCH3 is 1. The van der Waals surface area contributed by atoms with Gasteiger partial charge in [-0.15, -0.1) is 0 Å². The molecule has 20 heavy (non-hydrogen) atoms. The minimum absolute atomic E-state index is 0.0187. The molecule has 0 unspecified atom stereocenters. The summed E-state index contributed by atoms with van der Waals surface area (Å²) in [7, 11) is 1.23. The first kappa shape index (κ1) is 16.0. The number of ether oxygens (including phenoxy) is 1. The van der Waals surface area contributed by atoms with Gasteiger partial charge in [0.15, 0.2) is 0 Å². The molecule has 0 aliphatic rings. The van der Waals surface area contributed by atoms with E-state index < -0.39 is 23.6 Å². The number of amides is 1. The number of carbonyl (C=O) groups is 2. The molecule has 1 amide bonds. The lowest BCUT2D eigenvalue weighted by molar-refractivity contribution is -0.140. The van der Waals surface area contributed by atoms with Gasteiger partial charge in [-0.25, -0.2) is 0 Å². The van der Waals surface area contributed by atoms with Crippen molar-refractivity contribution in [2.45, 2.75) is 19.0 Å². The van der Waals surface area contributed by atoms with Crippen molar-refractivity contribution in [3.05, 3.63) is 35.4 Å². The first-order valence-electron chi connectivity index (χ1n) is 5.82. The number of alkyl halides is 3. The second-order valence-corrected chi connectivity index (χ2v) is 4.05. The van der Waals surface area contributed by atoms with Crippen LogP contribution in [-0.2, 0) is 26.9 Å². The molecule has 0 heterocycles. The van der Waals surface area contributed by atoms with E-state index in [1.807, 2.05) is 0 Å². The molecule has 110 valence electrons. The molecule has 0 fully saturated rings. The van der Waals surface area contributed by atoms with Crippen molar-refractivity contribution in [2.75, 3.05) is 13.7 Å². The molecule has 1 N–H and O–H groups in total. The molecule has 0 saturated heterocycles. The molecule has 0 spiro atoms. The highest BCUT2D eigenvalue weighted by Crippen LogP contribution is 2.29. The van der Waals surface area contributed by atoms with E-state index in [4.69, 9.17) is 0 Å². The molecule has 0 bridgehead atoms. The van der Waals surface area contributed by atoms with Crippen LogP contribution >= 0.6 is 0 Å². The van der Waals surface area contributed by atoms with E-state index in [2.05, 4.69) is 10.1 Å². The zero-order valence-corrected chi connectivity index (χ0v) is 10.8. The number of benzene rings is 1. The van der Waals surface area contributed by atoms with Crippen LogP contribution in [0.2, 0.25) is 0 Å². The molecular weight excluding hydrogens is 275 g/mol. The van der Waals surface area contributed by atoms with Gasteiger partial charge in [-0.05, 0) is 11.6 Å². The van der Waals surface area contributed by atoms with Crippen molar-refractivity contribution in [3.63, 3.8) is 0 Å². The average molecular weight is 289 g/mol. The lowest BCUT2D eigenvalue weighted by Gasteiger charge is -2.09. The smallest absolute Gasteiger partial charge is 0.416 e. The predicted molar refractivity (Wildman–Crippen MR) is 64.8 cm³/mol. The molecule has 1 rings (SSSR count). The van der Waals surface area contributed by atoms with E-state index in [0.717, 1.165) is 12.1 Å². The standard InChI is InChI=1S/C13H14F3NO3/c1-20-12(19)5-6-17-11(18)8-9-3-2-4-10(7-9)13(14,15)16/h2-4,7H,5-6,8H2,1H3,(H,17,18). The summed E-state index contributed by atoms with van der Waals surface area (Å²) < 4.78 is 41.8. The maximum absolute atomic E-state index is 12.5. The molecule has 4 nitrogen and oxygen atoms in total. The van der Waals surface area contributed by atoms with Crippen molar-refractivity contribution >= 4 is 11.9 Å². The Hall–Kier alpha value is -2.05. The van der Waals surface area contributed by atoms with Crippen LogP contribution in [0.15, 0.2) is 24.3 Å². The Kier molecular flexibility index (Phi) is 5.54. The van der Waals surface area contributed by atoms with Crippen molar-refractivity contribution in [2.24, 2.45) is 0 Å². The maximum atomic E-state index is 12.5. The van der Waals surface area contributed by atoms with Crippen molar-refractivity contribution in [1.82, 2.24) is 5.32 Å². The highest BCUT2D eigenvalue weighted by molar-refractivity contribution is 5.79. The van der Waals surface area contributed by atoms with Gasteiger partial charge in [-0.3, -0.25) is 9.59 Å². The predicted octanol–water partition coefficient (Wildman–Crippen LogP) is 1.93. The van der Waals surface area contributed by atoms with Crippen LogP contribution < -0.4 is 5.32 Å². The SMILES string of the molecule is COC(=O)CCNC(=O)Cc1cccc(C(F)(F)F)c1. The summed E-state index contributed by atoms with van der Waals surface area (Å²) in [6, 6.07) is 4.56. The monoisotopic (exact) mass is 289 g/mol. The second-order valence-electron chi connectivity index (χ2n) is 4.05. The van der Waals surface area contributed by atoms with Gasteiger partial charge in [0.25, 0.3) is 0 Å². The zero-order valence-electron chi connectivity index (χ0n) is 10.8. The quantitative estimate of drug-likeness (QED) is 0.843. The topological polar surface area (TPSA) is 55.4 Å². The van der Waals surface area contributed by atoms with Crippen LogP contribution in [0.25, 0.3) is 0 Å². The largest absolute Gasteiger partial charge is 0.469 e. The van der Waals surface area contributed by atoms with Crippen LogP contribution in [-0.4, -0.2) is 25.5 Å². The Labute approximate surface area is 113 Å². The van der Waals surface area contributed by atoms with E-state index in [1.54, 1.807) is 0 Å². The van der Waals surface area contributed by atoms with Crippen LogP contribution in [0.4, 0.5) is 13.2 Å². The Morgan fingerprint density at radius 2 is 2.00 bits per heavy atom. The van der Waals surface area contributed by atoms with Crippen LogP contribution in [0.1, 0.15) is 17.5 Å². The number of hydrogen-bond acceptors (Lipinski definition) is 3. The van der Waals surface area contributed by atoms with Gasteiger partial charge in [0.05, 0.1) is 25.5 Å². The highest BCUT2D eigenvalue weighted by Gasteiger charge is 2.30. The van der Waals surface area contributed by atoms with Crippen molar-refractivity contribution in [1.29, 1.82) is 0 Å². The van der Waals surface area contributed by atoms with E-state index in [0.29, 0.717) is 0 Å². The molecule has 7 heteroatoms.